The summed E-state index contributed by atoms with van der Waals surface area (Å²) in [6, 6.07) is 8.59. The van der Waals surface area contributed by atoms with Gasteiger partial charge in [-0.05, 0) is 41.7 Å². The number of phenols is 1. The number of hydrogen-bond donors (Lipinski definition) is 2. The number of allylic oxidation sites excluding steroid dienone is 1. The summed E-state index contributed by atoms with van der Waals surface area (Å²) in [4.78, 5) is 12.8. The number of carbonyl (C=O) groups is 1. The Hall–Kier alpha value is -2.95. The van der Waals surface area contributed by atoms with Crippen LogP contribution in [0.4, 0.5) is 5.69 Å². The average Bonchev–Trinajstić information content (AvgIpc) is 2.62. The van der Waals surface area contributed by atoms with Crippen LogP contribution in [0.25, 0.3) is 0 Å². The molecule has 27 heavy (non-hydrogen) atoms. The second-order valence-corrected chi connectivity index (χ2v) is 7.30. The van der Waals surface area contributed by atoms with Crippen molar-refractivity contribution >= 4 is 11.6 Å². The summed E-state index contributed by atoms with van der Waals surface area (Å²) in [6.45, 7) is 9.95. The van der Waals surface area contributed by atoms with E-state index in [0.29, 0.717) is 29.2 Å². The van der Waals surface area contributed by atoms with Crippen molar-refractivity contribution in [1.29, 1.82) is 0 Å². The molecule has 0 saturated heterocycles. The van der Waals surface area contributed by atoms with E-state index >= 15 is 0 Å². The Morgan fingerprint density at radius 3 is 2.44 bits per heavy atom. The molecule has 0 radical (unpaired) electrons. The van der Waals surface area contributed by atoms with Crippen LogP contribution >= 0.6 is 0 Å². The van der Waals surface area contributed by atoms with E-state index in [1.165, 1.54) is 7.11 Å². The molecule has 0 heterocycles. The van der Waals surface area contributed by atoms with Crippen molar-refractivity contribution in [2.75, 3.05) is 19.5 Å². The predicted octanol–water partition coefficient (Wildman–Crippen LogP) is 4.69. The maximum absolute atomic E-state index is 12.8. The van der Waals surface area contributed by atoms with Gasteiger partial charge in [-0.1, -0.05) is 32.9 Å². The van der Waals surface area contributed by atoms with Crippen molar-refractivity contribution in [3.63, 3.8) is 0 Å². The number of ether oxygens (including phenoxy) is 2. The van der Waals surface area contributed by atoms with Crippen molar-refractivity contribution in [1.82, 2.24) is 0 Å². The summed E-state index contributed by atoms with van der Waals surface area (Å²) < 4.78 is 10.8. The van der Waals surface area contributed by atoms with E-state index < -0.39 is 0 Å². The first kappa shape index (κ1) is 20.4. The molecule has 0 spiro atoms. The van der Waals surface area contributed by atoms with Gasteiger partial charge in [0, 0.05) is 11.1 Å². The zero-order valence-electron chi connectivity index (χ0n) is 16.6. The van der Waals surface area contributed by atoms with Crippen LogP contribution in [0.15, 0.2) is 43.0 Å². The number of rotatable bonds is 6. The lowest BCUT2D eigenvalue weighted by atomic mass is 9.87. The van der Waals surface area contributed by atoms with Crippen LogP contribution in [0.1, 0.15) is 42.3 Å². The normalized spacial score (nSPS) is 11.0. The lowest BCUT2D eigenvalue weighted by molar-refractivity contribution is 0.102. The molecule has 0 fully saturated rings. The van der Waals surface area contributed by atoms with Crippen molar-refractivity contribution in [2.45, 2.75) is 32.6 Å². The molecule has 0 aliphatic rings. The topological polar surface area (TPSA) is 67.8 Å². The van der Waals surface area contributed by atoms with Gasteiger partial charge in [0.15, 0.2) is 11.5 Å². The van der Waals surface area contributed by atoms with E-state index in [1.807, 2.05) is 6.07 Å². The highest BCUT2D eigenvalue weighted by Crippen LogP contribution is 2.34. The Morgan fingerprint density at radius 2 is 1.89 bits per heavy atom. The van der Waals surface area contributed by atoms with Crippen LogP contribution in [0.3, 0.4) is 0 Å². The molecule has 0 saturated carbocycles. The average molecular weight is 369 g/mol. The summed E-state index contributed by atoms with van der Waals surface area (Å²) in [6.07, 6.45) is 2.27. The molecule has 0 atom stereocenters. The second kappa shape index (κ2) is 8.16. The predicted molar refractivity (Wildman–Crippen MR) is 108 cm³/mol. The largest absolute Gasteiger partial charge is 0.506 e. The van der Waals surface area contributed by atoms with E-state index in [4.69, 9.17) is 9.47 Å². The molecule has 1 amide bonds. The Kier molecular flexibility index (Phi) is 6.16. The van der Waals surface area contributed by atoms with E-state index in [1.54, 1.807) is 37.5 Å². The third-order valence-electron chi connectivity index (χ3n) is 4.29. The molecule has 0 aromatic heterocycles. The Balaban J connectivity index is 2.41. The monoisotopic (exact) mass is 369 g/mol. The molecule has 0 aliphatic heterocycles. The van der Waals surface area contributed by atoms with Gasteiger partial charge in [-0.3, -0.25) is 4.79 Å². The highest BCUT2D eigenvalue weighted by atomic mass is 16.5. The third-order valence-corrected chi connectivity index (χ3v) is 4.29. The Morgan fingerprint density at radius 1 is 1.19 bits per heavy atom. The number of carbonyl (C=O) groups excluding carboxylic acids is 1. The Labute approximate surface area is 160 Å². The van der Waals surface area contributed by atoms with Crippen LogP contribution in [-0.2, 0) is 11.8 Å². The van der Waals surface area contributed by atoms with Crippen LogP contribution in [0, 0.1) is 0 Å². The van der Waals surface area contributed by atoms with Crippen LogP contribution in [0.5, 0.6) is 17.2 Å². The fourth-order valence-corrected chi connectivity index (χ4v) is 2.78. The minimum Gasteiger partial charge on any atom is -0.506 e. The standard InChI is InChI=1S/C22H27NO4/c1-7-8-14-11-15(12-19(26-5)20(14)27-6)21(25)23-17-13-16(22(2,3)4)9-10-18(17)24/h7,9-13,24H,1,8H2,2-6H3,(H,23,25). The van der Waals surface area contributed by atoms with Crippen molar-refractivity contribution in [3.8, 4) is 17.2 Å². The highest BCUT2D eigenvalue weighted by molar-refractivity contribution is 6.05. The van der Waals surface area contributed by atoms with Crippen LogP contribution in [0.2, 0.25) is 0 Å². The van der Waals surface area contributed by atoms with Crippen molar-refractivity contribution in [3.05, 3.63) is 59.7 Å². The lowest BCUT2D eigenvalue weighted by Crippen LogP contribution is -2.15. The smallest absolute Gasteiger partial charge is 0.255 e. The number of benzene rings is 2. The van der Waals surface area contributed by atoms with Gasteiger partial charge in [-0.15, -0.1) is 6.58 Å². The lowest BCUT2D eigenvalue weighted by Gasteiger charge is -2.20. The minimum atomic E-state index is -0.345. The third kappa shape index (κ3) is 4.61. The first-order valence-corrected chi connectivity index (χ1v) is 8.72. The summed E-state index contributed by atoms with van der Waals surface area (Å²) in [7, 11) is 3.08. The number of anilines is 1. The molecule has 2 N–H and O–H groups in total. The summed E-state index contributed by atoms with van der Waals surface area (Å²) >= 11 is 0. The first-order chi connectivity index (χ1) is 12.7. The minimum absolute atomic E-state index is 0.0168. The van der Waals surface area contributed by atoms with Gasteiger partial charge in [0.1, 0.15) is 5.75 Å². The molecule has 2 rings (SSSR count). The number of nitrogens with one attached hydrogen (secondary N) is 1. The molecule has 0 unspecified atom stereocenters. The molecular weight excluding hydrogens is 342 g/mol. The number of amides is 1. The quantitative estimate of drug-likeness (QED) is 0.573. The zero-order valence-corrected chi connectivity index (χ0v) is 16.6. The molecule has 5 nitrogen and oxygen atoms in total. The molecule has 0 aliphatic carbocycles. The van der Waals surface area contributed by atoms with Gasteiger partial charge in [0.05, 0.1) is 19.9 Å². The van der Waals surface area contributed by atoms with E-state index in [-0.39, 0.29) is 17.1 Å². The zero-order chi connectivity index (χ0) is 20.2. The molecule has 0 bridgehead atoms. The first-order valence-electron chi connectivity index (χ1n) is 8.72. The van der Waals surface area contributed by atoms with E-state index in [9.17, 15) is 9.90 Å². The van der Waals surface area contributed by atoms with E-state index in [0.717, 1.165) is 11.1 Å². The molecule has 2 aromatic rings. The van der Waals surface area contributed by atoms with Gasteiger partial charge >= 0.3 is 0 Å². The number of aromatic hydroxyl groups is 1. The van der Waals surface area contributed by atoms with Gasteiger partial charge < -0.3 is 19.9 Å². The maximum atomic E-state index is 12.8. The molecular formula is C22H27NO4. The number of hydrogen-bond acceptors (Lipinski definition) is 4. The summed E-state index contributed by atoms with van der Waals surface area (Å²) in [5, 5.41) is 12.9. The summed E-state index contributed by atoms with van der Waals surface area (Å²) in [5.74, 6) is 0.715. The summed E-state index contributed by atoms with van der Waals surface area (Å²) in [5.41, 5.74) is 2.48. The van der Waals surface area contributed by atoms with Crippen LogP contribution in [-0.4, -0.2) is 25.2 Å². The number of phenolic OH excluding ortho intramolecular Hbond substituents is 1. The van der Waals surface area contributed by atoms with Crippen molar-refractivity contribution in [2.24, 2.45) is 0 Å². The van der Waals surface area contributed by atoms with Gasteiger partial charge in [0.25, 0.3) is 5.91 Å². The highest BCUT2D eigenvalue weighted by Gasteiger charge is 2.19. The van der Waals surface area contributed by atoms with E-state index in [2.05, 4.69) is 32.7 Å². The second-order valence-electron chi connectivity index (χ2n) is 7.30. The van der Waals surface area contributed by atoms with Crippen LogP contribution < -0.4 is 14.8 Å². The SMILES string of the molecule is C=CCc1cc(C(=O)Nc2cc(C(C)(C)C)ccc2O)cc(OC)c1OC. The molecule has 2 aromatic carbocycles. The number of methoxy groups -OCH3 is 2. The fourth-order valence-electron chi connectivity index (χ4n) is 2.78. The molecule has 144 valence electrons. The fraction of sp³-hybridized carbons (Fsp3) is 0.318. The maximum Gasteiger partial charge on any atom is 0.255 e. The van der Waals surface area contributed by atoms with Gasteiger partial charge in [0.2, 0.25) is 0 Å². The van der Waals surface area contributed by atoms with Crippen molar-refractivity contribution < 1.29 is 19.4 Å². The Bertz CT molecular complexity index is 850. The molecule has 5 heteroatoms. The van der Waals surface area contributed by atoms with Gasteiger partial charge in [-0.2, -0.15) is 0 Å². The van der Waals surface area contributed by atoms with Gasteiger partial charge in [-0.25, -0.2) is 0 Å².